The topological polar surface area (TPSA) is 20.3 Å². The van der Waals surface area contributed by atoms with Gasteiger partial charge in [0, 0.05) is 24.4 Å². The summed E-state index contributed by atoms with van der Waals surface area (Å²) in [7, 11) is 0. The van der Waals surface area contributed by atoms with Gasteiger partial charge in [-0.2, -0.15) is 0 Å². The molecule has 0 aromatic carbocycles. The summed E-state index contributed by atoms with van der Waals surface area (Å²) in [5.74, 6) is 0.983. The Labute approximate surface area is 75.1 Å². The average Bonchev–Trinajstić information content (AvgIpc) is 2.34. The van der Waals surface area contributed by atoms with Crippen LogP contribution in [-0.4, -0.2) is 28.3 Å². The molecule has 1 aliphatic heterocycles. The predicted molar refractivity (Wildman–Crippen MR) is 49.2 cm³/mol. The Morgan fingerprint density at radius 3 is 2.80 bits per heavy atom. The maximum atomic E-state index is 10.8. The standard InChI is InChI=1S/C7H12INO/c1-6(10)9-3-2-7(4-8)5-9/h7H,2-5H2,1H3/t7-/m1/s1. The van der Waals surface area contributed by atoms with Crippen molar-refractivity contribution in [1.82, 2.24) is 4.90 Å². The van der Waals surface area contributed by atoms with E-state index in [1.165, 1.54) is 10.8 Å². The molecular formula is C7H12INO. The zero-order chi connectivity index (χ0) is 7.56. The number of carbonyl (C=O) groups excluding carboxylic acids is 1. The normalized spacial score (nSPS) is 25.4. The van der Waals surface area contributed by atoms with Crippen molar-refractivity contribution in [1.29, 1.82) is 0 Å². The summed E-state index contributed by atoms with van der Waals surface area (Å²) >= 11 is 2.38. The fourth-order valence-corrected chi connectivity index (χ4v) is 1.96. The first-order valence-electron chi connectivity index (χ1n) is 3.55. The fourth-order valence-electron chi connectivity index (χ4n) is 1.24. The lowest BCUT2D eigenvalue weighted by molar-refractivity contribution is -0.127. The lowest BCUT2D eigenvalue weighted by atomic mass is 10.2. The SMILES string of the molecule is CC(=O)N1CC[C@H](CI)C1. The van der Waals surface area contributed by atoms with Gasteiger partial charge in [-0.05, 0) is 12.3 Å². The summed E-state index contributed by atoms with van der Waals surface area (Å²) < 4.78 is 1.18. The summed E-state index contributed by atoms with van der Waals surface area (Å²) in [4.78, 5) is 12.8. The average molecular weight is 253 g/mol. The minimum Gasteiger partial charge on any atom is -0.343 e. The van der Waals surface area contributed by atoms with E-state index in [1.807, 2.05) is 4.90 Å². The summed E-state index contributed by atoms with van der Waals surface area (Å²) in [5.41, 5.74) is 0. The lowest BCUT2D eigenvalue weighted by Crippen LogP contribution is -2.25. The van der Waals surface area contributed by atoms with Gasteiger partial charge in [-0.15, -0.1) is 0 Å². The van der Waals surface area contributed by atoms with Crippen LogP contribution in [-0.2, 0) is 4.79 Å². The minimum absolute atomic E-state index is 0.229. The van der Waals surface area contributed by atoms with E-state index in [1.54, 1.807) is 6.92 Å². The third-order valence-electron chi connectivity index (χ3n) is 1.95. The maximum Gasteiger partial charge on any atom is 0.219 e. The van der Waals surface area contributed by atoms with Crippen molar-refractivity contribution in [2.75, 3.05) is 17.5 Å². The van der Waals surface area contributed by atoms with Gasteiger partial charge in [-0.1, -0.05) is 22.6 Å². The molecule has 1 heterocycles. The molecule has 1 atom stereocenters. The van der Waals surface area contributed by atoms with Crippen LogP contribution < -0.4 is 0 Å². The molecule has 3 heteroatoms. The highest BCUT2D eigenvalue weighted by Crippen LogP contribution is 2.17. The molecule has 2 nitrogen and oxygen atoms in total. The van der Waals surface area contributed by atoms with Crippen LogP contribution in [0.2, 0.25) is 0 Å². The summed E-state index contributed by atoms with van der Waals surface area (Å²) in [6.45, 7) is 3.61. The van der Waals surface area contributed by atoms with Crippen LogP contribution in [0.1, 0.15) is 13.3 Å². The van der Waals surface area contributed by atoms with E-state index in [9.17, 15) is 4.79 Å². The van der Waals surface area contributed by atoms with Gasteiger partial charge in [0.1, 0.15) is 0 Å². The van der Waals surface area contributed by atoms with Gasteiger partial charge in [0.05, 0.1) is 0 Å². The number of likely N-dealkylation sites (tertiary alicyclic amines) is 1. The van der Waals surface area contributed by atoms with Gasteiger partial charge in [-0.3, -0.25) is 4.79 Å². The van der Waals surface area contributed by atoms with Crippen molar-refractivity contribution in [3.8, 4) is 0 Å². The van der Waals surface area contributed by atoms with E-state index in [-0.39, 0.29) is 5.91 Å². The van der Waals surface area contributed by atoms with Gasteiger partial charge >= 0.3 is 0 Å². The second kappa shape index (κ2) is 3.55. The molecule has 58 valence electrons. The zero-order valence-corrected chi connectivity index (χ0v) is 8.30. The summed E-state index contributed by atoms with van der Waals surface area (Å²) in [6.07, 6.45) is 1.20. The van der Waals surface area contributed by atoms with E-state index in [0.717, 1.165) is 19.0 Å². The van der Waals surface area contributed by atoms with Gasteiger partial charge in [0.2, 0.25) is 5.91 Å². The van der Waals surface area contributed by atoms with Gasteiger partial charge in [-0.25, -0.2) is 0 Å². The van der Waals surface area contributed by atoms with E-state index in [4.69, 9.17) is 0 Å². The molecule has 1 fully saturated rings. The Morgan fingerprint density at radius 1 is 1.80 bits per heavy atom. The maximum absolute atomic E-state index is 10.8. The molecule has 1 saturated heterocycles. The van der Waals surface area contributed by atoms with Gasteiger partial charge in [0.25, 0.3) is 0 Å². The summed E-state index contributed by atoms with van der Waals surface area (Å²) in [5, 5.41) is 0. The molecule has 0 N–H and O–H groups in total. The van der Waals surface area contributed by atoms with Crippen molar-refractivity contribution in [3.05, 3.63) is 0 Å². The molecule has 0 saturated carbocycles. The number of amides is 1. The number of alkyl halides is 1. The third kappa shape index (κ3) is 1.84. The molecule has 0 bridgehead atoms. The quantitative estimate of drug-likeness (QED) is 0.509. The molecule has 0 aromatic rings. The summed E-state index contributed by atoms with van der Waals surface area (Å²) in [6, 6.07) is 0. The molecule has 1 aliphatic rings. The van der Waals surface area contributed by atoms with Crippen molar-refractivity contribution < 1.29 is 4.79 Å². The van der Waals surface area contributed by atoms with Crippen LogP contribution in [0, 0.1) is 5.92 Å². The Kier molecular flexibility index (Phi) is 2.95. The Hall–Kier alpha value is 0.200. The number of rotatable bonds is 1. The third-order valence-corrected chi connectivity index (χ3v) is 3.20. The van der Waals surface area contributed by atoms with Crippen LogP contribution in [0.4, 0.5) is 0 Å². The molecule has 0 unspecified atom stereocenters. The molecule has 0 aliphatic carbocycles. The number of carbonyl (C=O) groups is 1. The molecule has 0 spiro atoms. The smallest absolute Gasteiger partial charge is 0.219 e. The molecule has 1 rings (SSSR count). The largest absolute Gasteiger partial charge is 0.343 e. The van der Waals surface area contributed by atoms with E-state index >= 15 is 0 Å². The first kappa shape index (κ1) is 8.30. The monoisotopic (exact) mass is 253 g/mol. The van der Waals surface area contributed by atoms with Crippen molar-refractivity contribution in [2.24, 2.45) is 5.92 Å². The van der Waals surface area contributed by atoms with Crippen LogP contribution >= 0.6 is 22.6 Å². The Morgan fingerprint density at radius 2 is 2.50 bits per heavy atom. The van der Waals surface area contributed by atoms with Gasteiger partial charge in [0.15, 0.2) is 0 Å². The second-order valence-corrected chi connectivity index (χ2v) is 3.65. The Bertz CT molecular complexity index is 138. The fraction of sp³-hybridized carbons (Fsp3) is 0.857. The molecule has 1 amide bonds. The van der Waals surface area contributed by atoms with Crippen molar-refractivity contribution in [3.63, 3.8) is 0 Å². The molecular weight excluding hydrogens is 241 g/mol. The van der Waals surface area contributed by atoms with Crippen LogP contribution in [0.15, 0.2) is 0 Å². The van der Waals surface area contributed by atoms with E-state index < -0.39 is 0 Å². The number of halogens is 1. The predicted octanol–water partition coefficient (Wildman–Crippen LogP) is 1.29. The van der Waals surface area contributed by atoms with Crippen LogP contribution in [0.5, 0.6) is 0 Å². The molecule has 0 radical (unpaired) electrons. The van der Waals surface area contributed by atoms with Crippen LogP contribution in [0.3, 0.4) is 0 Å². The van der Waals surface area contributed by atoms with Gasteiger partial charge < -0.3 is 4.90 Å². The Balaban J connectivity index is 2.35. The number of hydrogen-bond donors (Lipinski definition) is 0. The van der Waals surface area contributed by atoms with E-state index in [0.29, 0.717) is 0 Å². The zero-order valence-electron chi connectivity index (χ0n) is 6.14. The molecule has 0 aromatic heterocycles. The number of hydrogen-bond acceptors (Lipinski definition) is 1. The van der Waals surface area contributed by atoms with Crippen molar-refractivity contribution >= 4 is 28.5 Å². The first-order valence-corrected chi connectivity index (χ1v) is 5.08. The first-order chi connectivity index (χ1) is 4.74. The highest BCUT2D eigenvalue weighted by molar-refractivity contribution is 14.1. The minimum atomic E-state index is 0.229. The van der Waals surface area contributed by atoms with Crippen molar-refractivity contribution in [2.45, 2.75) is 13.3 Å². The second-order valence-electron chi connectivity index (χ2n) is 2.77. The van der Waals surface area contributed by atoms with Crippen LogP contribution in [0.25, 0.3) is 0 Å². The highest BCUT2D eigenvalue weighted by atomic mass is 127. The lowest BCUT2D eigenvalue weighted by Gasteiger charge is -2.12. The van der Waals surface area contributed by atoms with E-state index in [2.05, 4.69) is 22.6 Å². The number of nitrogens with zero attached hydrogens (tertiary/aromatic N) is 1. The highest BCUT2D eigenvalue weighted by Gasteiger charge is 2.22. The molecule has 10 heavy (non-hydrogen) atoms.